The molecule has 0 saturated carbocycles. The summed E-state index contributed by atoms with van der Waals surface area (Å²) in [7, 11) is -1.18. The molecule has 1 aromatic rings. The monoisotopic (exact) mass is 192 g/mol. The van der Waals surface area contributed by atoms with Gasteiger partial charge in [0.2, 0.25) is 0 Å². The van der Waals surface area contributed by atoms with Crippen molar-refractivity contribution < 1.29 is 18.4 Å². The molecule has 0 radical (unpaired) electrons. The zero-order valence-corrected chi connectivity index (χ0v) is 7.53. The molecule has 12 heavy (non-hydrogen) atoms. The van der Waals surface area contributed by atoms with E-state index >= 15 is 0 Å². The van der Waals surface area contributed by atoms with E-state index in [1.165, 1.54) is 7.11 Å². The molecular weight excluding hydrogens is 181 g/mol. The molecule has 0 aromatic carbocycles. The van der Waals surface area contributed by atoms with E-state index in [0.29, 0.717) is 6.54 Å². The predicted molar refractivity (Wildman–Crippen MR) is 43.4 cm³/mol. The number of hydrogen-bond donors (Lipinski definition) is 2. The van der Waals surface area contributed by atoms with Crippen LogP contribution in [0, 0.1) is 0 Å². The van der Waals surface area contributed by atoms with Crippen molar-refractivity contribution in [2.24, 2.45) is 5.73 Å². The minimum atomic E-state index is -2.35. The summed E-state index contributed by atoms with van der Waals surface area (Å²) in [5.74, 6) is 0.833. The summed E-state index contributed by atoms with van der Waals surface area (Å²) in [5, 5.41) is 0. The van der Waals surface area contributed by atoms with Gasteiger partial charge in [0.05, 0.1) is 19.9 Å². The molecule has 0 spiro atoms. The Kier molecular flexibility index (Phi) is 6.51. The van der Waals surface area contributed by atoms with E-state index in [1.807, 2.05) is 12.1 Å². The number of hydrogen-bond acceptors (Lipinski definition) is 4. The van der Waals surface area contributed by atoms with Gasteiger partial charge in [0.15, 0.2) is 0 Å². The Labute approximate surface area is 71.1 Å². The maximum Gasteiger partial charge on any atom is 0.694 e. The Morgan fingerprint density at radius 1 is 1.83 bits per heavy atom. The van der Waals surface area contributed by atoms with Crippen molar-refractivity contribution in [3.05, 3.63) is 24.2 Å². The molecule has 5 nitrogen and oxygen atoms in total. The van der Waals surface area contributed by atoms with Gasteiger partial charge in [-0.1, -0.05) is 0 Å². The van der Waals surface area contributed by atoms with Crippen LogP contribution in [0.1, 0.15) is 5.76 Å². The van der Waals surface area contributed by atoms with Crippen molar-refractivity contribution in [1.82, 2.24) is 0 Å². The summed E-state index contributed by atoms with van der Waals surface area (Å²) in [6.07, 6.45) is 1.61. The van der Waals surface area contributed by atoms with Gasteiger partial charge in [0, 0.05) is 4.57 Å². The summed E-state index contributed by atoms with van der Waals surface area (Å²) < 4.78 is 18.0. The highest BCUT2D eigenvalue weighted by Crippen LogP contribution is 2.09. The molecule has 1 unspecified atom stereocenters. The normalized spacial score (nSPS) is 10.1. The van der Waals surface area contributed by atoms with E-state index in [4.69, 9.17) is 15.0 Å². The lowest BCUT2D eigenvalue weighted by Crippen LogP contribution is -1.92. The van der Waals surface area contributed by atoms with Crippen molar-refractivity contribution in [1.29, 1.82) is 0 Å². The van der Waals surface area contributed by atoms with Crippen molar-refractivity contribution in [2.75, 3.05) is 7.11 Å². The Morgan fingerprint density at radius 3 is 2.58 bits per heavy atom. The van der Waals surface area contributed by atoms with Crippen molar-refractivity contribution in [2.45, 2.75) is 6.54 Å². The van der Waals surface area contributed by atoms with E-state index in [0.717, 1.165) is 5.76 Å². The third-order valence-corrected chi connectivity index (χ3v) is 1.25. The Balaban J connectivity index is 0.000000217. The largest absolute Gasteiger partial charge is 0.694 e. The van der Waals surface area contributed by atoms with Gasteiger partial charge >= 0.3 is 8.25 Å². The Bertz CT molecular complexity index is 211. The molecule has 3 N–H and O–H groups in total. The van der Waals surface area contributed by atoms with Crippen LogP contribution in [0.4, 0.5) is 0 Å². The first-order valence-corrected chi connectivity index (χ1v) is 4.26. The Hall–Kier alpha value is -0.740. The fourth-order valence-electron chi connectivity index (χ4n) is 0.429. The molecule has 0 aliphatic rings. The smallest absolute Gasteiger partial charge is 0.468 e. The zero-order valence-electron chi connectivity index (χ0n) is 6.64. The molecule has 1 rings (SSSR count). The average molecular weight is 192 g/mol. The molecule has 0 amide bonds. The maximum atomic E-state index is 9.29. The standard InChI is InChI=1S/C5H7NO.CH3O3P/c6-4-5-2-1-3-7-5;1-4-5(2)3/h1-3H,4,6H2;1H3/p+1. The molecule has 0 bridgehead atoms. The van der Waals surface area contributed by atoms with Gasteiger partial charge in [-0.15, -0.1) is 9.42 Å². The van der Waals surface area contributed by atoms with Gasteiger partial charge in [-0.3, -0.25) is 0 Å². The molecule has 0 aliphatic heterocycles. The SMILES string of the molecule is CO[P+](=O)O.NCc1ccco1. The summed E-state index contributed by atoms with van der Waals surface area (Å²) >= 11 is 0. The van der Waals surface area contributed by atoms with Crippen LogP contribution in [-0.2, 0) is 15.6 Å². The van der Waals surface area contributed by atoms with Crippen molar-refractivity contribution >= 4 is 8.25 Å². The van der Waals surface area contributed by atoms with E-state index < -0.39 is 8.25 Å². The summed E-state index contributed by atoms with van der Waals surface area (Å²) in [4.78, 5) is 7.65. The molecule has 68 valence electrons. The van der Waals surface area contributed by atoms with Crippen LogP contribution in [0.5, 0.6) is 0 Å². The van der Waals surface area contributed by atoms with Gasteiger partial charge in [0.1, 0.15) is 5.76 Å². The van der Waals surface area contributed by atoms with Gasteiger partial charge < -0.3 is 10.2 Å². The molecule has 0 saturated heterocycles. The second-order valence-electron chi connectivity index (χ2n) is 1.70. The second kappa shape index (κ2) is 6.94. The third kappa shape index (κ3) is 6.00. The zero-order chi connectivity index (χ0) is 9.40. The lowest BCUT2D eigenvalue weighted by Gasteiger charge is -1.80. The van der Waals surface area contributed by atoms with Crippen LogP contribution < -0.4 is 5.73 Å². The molecule has 0 aliphatic carbocycles. The fraction of sp³-hybridized carbons (Fsp3) is 0.333. The van der Waals surface area contributed by atoms with Crippen LogP contribution in [0.25, 0.3) is 0 Å². The van der Waals surface area contributed by atoms with E-state index in [1.54, 1.807) is 6.26 Å². The first-order valence-electron chi connectivity index (χ1n) is 3.13. The van der Waals surface area contributed by atoms with Gasteiger partial charge in [-0.25, -0.2) is 0 Å². The topological polar surface area (TPSA) is 85.7 Å². The predicted octanol–water partition coefficient (Wildman–Crippen LogP) is 1.02. The summed E-state index contributed by atoms with van der Waals surface area (Å²) in [5.41, 5.74) is 5.20. The van der Waals surface area contributed by atoms with Gasteiger partial charge in [-0.2, -0.15) is 0 Å². The lowest BCUT2D eigenvalue weighted by molar-refractivity contribution is 0.343. The van der Waals surface area contributed by atoms with Crippen molar-refractivity contribution in [3.8, 4) is 0 Å². The average Bonchev–Trinajstić information content (AvgIpc) is 2.57. The van der Waals surface area contributed by atoms with Gasteiger partial charge in [-0.05, 0) is 12.1 Å². The minimum absolute atomic E-state index is 0.493. The number of nitrogens with two attached hydrogens (primary N) is 1. The minimum Gasteiger partial charge on any atom is -0.468 e. The molecular formula is C6H11NO4P+. The summed E-state index contributed by atoms with van der Waals surface area (Å²) in [6.45, 7) is 0.493. The van der Waals surface area contributed by atoms with E-state index in [2.05, 4.69) is 4.52 Å². The molecule has 6 heteroatoms. The van der Waals surface area contributed by atoms with E-state index in [-0.39, 0.29) is 0 Å². The van der Waals surface area contributed by atoms with Crippen molar-refractivity contribution in [3.63, 3.8) is 0 Å². The lowest BCUT2D eigenvalue weighted by atomic mass is 10.5. The highest BCUT2D eigenvalue weighted by Gasteiger charge is 2.02. The molecule has 1 aromatic heterocycles. The second-order valence-corrected chi connectivity index (χ2v) is 2.54. The highest BCUT2D eigenvalue weighted by molar-refractivity contribution is 7.32. The summed E-state index contributed by atoms with van der Waals surface area (Å²) in [6, 6.07) is 3.67. The quantitative estimate of drug-likeness (QED) is 0.683. The van der Waals surface area contributed by atoms with Crippen LogP contribution >= 0.6 is 8.25 Å². The number of furan rings is 1. The fourth-order valence-corrected chi connectivity index (χ4v) is 0.429. The van der Waals surface area contributed by atoms with Gasteiger partial charge in [0.25, 0.3) is 0 Å². The van der Waals surface area contributed by atoms with Crippen LogP contribution in [0.15, 0.2) is 22.8 Å². The number of rotatable bonds is 2. The third-order valence-electron chi connectivity index (χ3n) is 0.937. The van der Waals surface area contributed by atoms with E-state index in [9.17, 15) is 4.57 Å². The molecule has 1 heterocycles. The maximum absolute atomic E-state index is 9.29. The highest BCUT2D eigenvalue weighted by atomic mass is 31.1. The first kappa shape index (κ1) is 11.3. The first-order chi connectivity index (χ1) is 5.70. The molecule has 1 atom stereocenters. The molecule has 0 fully saturated rings. The Morgan fingerprint density at radius 2 is 2.42 bits per heavy atom. The van der Waals surface area contributed by atoms with Crippen LogP contribution in [0.2, 0.25) is 0 Å². The van der Waals surface area contributed by atoms with Crippen LogP contribution in [0.3, 0.4) is 0 Å². The van der Waals surface area contributed by atoms with Crippen LogP contribution in [-0.4, -0.2) is 12.0 Å².